The summed E-state index contributed by atoms with van der Waals surface area (Å²) in [4.78, 5) is 9.94. The molecule has 0 atom stereocenters. The van der Waals surface area contributed by atoms with E-state index in [1.54, 1.807) is 6.08 Å². The number of ether oxygens (including phenoxy) is 1. The lowest BCUT2D eigenvalue weighted by Gasteiger charge is -1.88. The second kappa shape index (κ2) is 4.75. The first-order valence-corrected chi connectivity index (χ1v) is 4.41. The predicted octanol–water partition coefficient (Wildman–Crippen LogP) is 2.56. The van der Waals surface area contributed by atoms with Gasteiger partial charge in [-0.3, -0.25) is 4.79 Å². The van der Waals surface area contributed by atoms with Crippen molar-refractivity contribution in [3.63, 3.8) is 0 Å². The van der Waals surface area contributed by atoms with Crippen LogP contribution in [-0.4, -0.2) is 6.29 Å². The molecule has 2 nitrogen and oxygen atoms in total. The number of allylic oxidation sites excluding steroid dienone is 3. The topological polar surface area (TPSA) is 29.6 Å². The molecule has 12 heavy (non-hydrogen) atoms. The Morgan fingerprint density at radius 1 is 1.42 bits per heavy atom. The summed E-state index contributed by atoms with van der Waals surface area (Å²) < 4.78 is 5.15. The number of aldehydes is 1. The summed E-state index contributed by atoms with van der Waals surface area (Å²) in [6.45, 7) is 2.18. The maximum atomic E-state index is 9.94. The van der Waals surface area contributed by atoms with E-state index in [0.29, 0.717) is 0 Å². The SMILES string of the molecule is CCCCCC1=C(/C=C/C=O)O1. The van der Waals surface area contributed by atoms with Gasteiger partial charge in [-0.25, -0.2) is 0 Å². The van der Waals surface area contributed by atoms with E-state index in [9.17, 15) is 4.79 Å². The van der Waals surface area contributed by atoms with Crippen LogP contribution in [0.4, 0.5) is 0 Å². The van der Waals surface area contributed by atoms with Crippen LogP contribution in [0, 0.1) is 0 Å². The van der Waals surface area contributed by atoms with Crippen molar-refractivity contribution in [1.29, 1.82) is 0 Å². The van der Waals surface area contributed by atoms with Gasteiger partial charge in [-0.15, -0.1) is 0 Å². The summed E-state index contributed by atoms with van der Waals surface area (Å²) in [5.41, 5.74) is 0. The molecule has 0 saturated carbocycles. The number of unbranched alkanes of at least 4 members (excludes halogenated alkanes) is 2. The van der Waals surface area contributed by atoms with Gasteiger partial charge in [-0.2, -0.15) is 0 Å². The van der Waals surface area contributed by atoms with Gasteiger partial charge >= 0.3 is 0 Å². The fraction of sp³-hybridized carbons (Fsp3) is 0.500. The number of hydrogen-bond acceptors (Lipinski definition) is 2. The molecule has 0 aromatic rings. The van der Waals surface area contributed by atoms with Gasteiger partial charge in [0.25, 0.3) is 0 Å². The molecule has 2 heteroatoms. The van der Waals surface area contributed by atoms with Crippen molar-refractivity contribution in [3.05, 3.63) is 23.7 Å². The summed E-state index contributed by atoms with van der Waals surface area (Å²) >= 11 is 0. The van der Waals surface area contributed by atoms with Crippen LogP contribution in [0.5, 0.6) is 0 Å². The standard InChI is InChI=1S/C10H14O2/c1-2-3-4-6-9-10(12-9)7-5-8-11/h5,7-8H,2-4,6H2,1H3/b7-5+. The summed E-state index contributed by atoms with van der Waals surface area (Å²) in [5.74, 6) is 1.94. The van der Waals surface area contributed by atoms with E-state index in [1.165, 1.54) is 25.3 Å². The Bertz CT molecular complexity index is 214. The van der Waals surface area contributed by atoms with Crippen LogP contribution >= 0.6 is 0 Å². The third-order valence-electron chi connectivity index (χ3n) is 1.80. The second-order valence-electron chi connectivity index (χ2n) is 2.84. The number of rotatable bonds is 6. The van der Waals surface area contributed by atoms with E-state index in [2.05, 4.69) is 6.92 Å². The van der Waals surface area contributed by atoms with Gasteiger partial charge in [-0.05, 0) is 18.6 Å². The van der Waals surface area contributed by atoms with E-state index in [4.69, 9.17) is 4.74 Å². The highest BCUT2D eigenvalue weighted by molar-refractivity contribution is 5.66. The molecule has 1 aliphatic heterocycles. The lowest BCUT2D eigenvalue weighted by molar-refractivity contribution is -0.104. The zero-order valence-corrected chi connectivity index (χ0v) is 7.38. The Kier molecular flexibility index (Phi) is 3.58. The molecule has 0 N–H and O–H groups in total. The fourth-order valence-electron chi connectivity index (χ4n) is 1.07. The first-order chi connectivity index (χ1) is 5.88. The molecule has 0 aliphatic carbocycles. The van der Waals surface area contributed by atoms with Crippen LogP contribution in [0.25, 0.3) is 0 Å². The molecule has 1 rings (SSSR count). The number of carbonyl (C=O) groups excluding carboxylic acids is 1. The van der Waals surface area contributed by atoms with Crippen LogP contribution in [0.15, 0.2) is 23.7 Å². The van der Waals surface area contributed by atoms with Crippen LogP contribution in [0.2, 0.25) is 0 Å². The summed E-state index contributed by atoms with van der Waals surface area (Å²) in [6, 6.07) is 0. The van der Waals surface area contributed by atoms with E-state index in [0.717, 1.165) is 24.2 Å². The maximum Gasteiger partial charge on any atom is 0.165 e. The molecule has 1 aliphatic rings. The van der Waals surface area contributed by atoms with Gasteiger partial charge < -0.3 is 4.74 Å². The highest BCUT2D eigenvalue weighted by atomic mass is 16.6. The smallest absolute Gasteiger partial charge is 0.165 e. The lowest BCUT2D eigenvalue weighted by Crippen LogP contribution is -1.71. The zero-order chi connectivity index (χ0) is 8.81. The highest BCUT2D eigenvalue weighted by Crippen LogP contribution is 2.31. The Hall–Kier alpha value is -1.05. The van der Waals surface area contributed by atoms with E-state index < -0.39 is 0 Å². The molecule has 0 aromatic carbocycles. The van der Waals surface area contributed by atoms with Gasteiger partial charge in [0.05, 0.1) is 0 Å². The average molecular weight is 166 g/mol. The summed E-state index contributed by atoms with van der Waals surface area (Å²) in [7, 11) is 0. The Balaban J connectivity index is 2.15. The van der Waals surface area contributed by atoms with Crippen molar-refractivity contribution in [2.24, 2.45) is 0 Å². The predicted molar refractivity (Wildman–Crippen MR) is 47.5 cm³/mol. The molecule has 0 saturated heterocycles. The first kappa shape index (κ1) is 9.04. The molecule has 0 aromatic heterocycles. The molecule has 0 amide bonds. The van der Waals surface area contributed by atoms with E-state index in [1.807, 2.05) is 0 Å². The largest absolute Gasteiger partial charge is 0.454 e. The van der Waals surface area contributed by atoms with Crippen LogP contribution < -0.4 is 0 Å². The minimum absolute atomic E-state index is 0.762. The average Bonchev–Trinajstić information content (AvgIpc) is 2.81. The molecule has 66 valence electrons. The fourth-order valence-corrected chi connectivity index (χ4v) is 1.07. The van der Waals surface area contributed by atoms with Crippen LogP contribution in [0.1, 0.15) is 32.6 Å². The molecular weight excluding hydrogens is 152 g/mol. The van der Waals surface area contributed by atoms with Gasteiger partial charge in [0.15, 0.2) is 5.76 Å². The highest BCUT2D eigenvalue weighted by Gasteiger charge is 2.20. The Labute approximate surface area is 72.9 Å². The van der Waals surface area contributed by atoms with E-state index >= 15 is 0 Å². The Morgan fingerprint density at radius 2 is 2.25 bits per heavy atom. The third-order valence-corrected chi connectivity index (χ3v) is 1.80. The van der Waals surface area contributed by atoms with Crippen LogP contribution in [-0.2, 0) is 9.53 Å². The quantitative estimate of drug-likeness (QED) is 0.345. The zero-order valence-electron chi connectivity index (χ0n) is 7.38. The maximum absolute atomic E-state index is 9.94. The summed E-state index contributed by atoms with van der Waals surface area (Å²) in [6.07, 6.45) is 8.62. The monoisotopic (exact) mass is 166 g/mol. The van der Waals surface area contributed by atoms with E-state index in [-0.39, 0.29) is 0 Å². The molecule has 0 bridgehead atoms. The molecule has 0 unspecified atom stereocenters. The van der Waals surface area contributed by atoms with Gasteiger partial charge in [0.1, 0.15) is 12.0 Å². The van der Waals surface area contributed by atoms with Crippen molar-refractivity contribution in [2.45, 2.75) is 32.6 Å². The molecule has 1 heterocycles. The van der Waals surface area contributed by atoms with Crippen molar-refractivity contribution in [3.8, 4) is 0 Å². The minimum Gasteiger partial charge on any atom is -0.454 e. The van der Waals surface area contributed by atoms with Crippen molar-refractivity contribution in [2.75, 3.05) is 0 Å². The second-order valence-corrected chi connectivity index (χ2v) is 2.84. The summed E-state index contributed by atoms with van der Waals surface area (Å²) in [5, 5.41) is 0. The van der Waals surface area contributed by atoms with Crippen molar-refractivity contribution in [1.82, 2.24) is 0 Å². The molecule has 0 radical (unpaired) electrons. The Morgan fingerprint density at radius 3 is 2.92 bits per heavy atom. The van der Waals surface area contributed by atoms with Crippen LogP contribution in [0.3, 0.4) is 0 Å². The number of carbonyl (C=O) groups is 1. The lowest BCUT2D eigenvalue weighted by atomic mass is 10.2. The van der Waals surface area contributed by atoms with Crippen molar-refractivity contribution < 1.29 is 9.53 Å². The molecular formula is C10H14O2. The van der Waals surface area contributed by atoms with Gasteiger partial charge in [0, 0.05) is 6.42 Å². The van der Waals surface area contributed by atoms with Gasteiger partial charge in [-0.1, -0.05) is 19.8 Å². The first-order valence-electron chi connectivity index (χ1n) is 4.41. The van der Waals surface area contributed by atoms with Gasteiger partial charge in [0.2, 0.25) is 0 Å². The minimum atomic E-state index is 0.762. The molecule has 0 spiro atoms. The normalized spacial score (nSPS) is 15.1. The molecule has 0 fully saturated rings. The number of hydrogen-bond donors (Lipinski definition) is 0. The van der Waals surface area contributed by atoms with Crippen molar-refractivity contribution >= 4 is 6.29 Å². The third kappa shape index (κ3) is 2.91.